The van der Waals surface area contributed by atoms with Gasteiger partial charge in [0.25, 0.3) is 0 Å². The van der Waals surface area contributed by atoms with Crippen molar-refractivity contribution in [2.75, 3.05) is 13.7 Å². The maximum absolute atomic E-state index is 11.7. The number of rotatable bonds is 7. The molecule has 1 amide bonds. The van der Waals surface area contributed by atoms with Gasteiger partial charge in [0.2, 0.25) is 0 Å². The maximum Gasteiger partial charge on any atom is 0.407 e. The average molecular weight is 373 g/mol. The van der Waals surface area contributed by atoms with E-state index in [-0.39, 0.29) is 0 Å². The molecule has 0 aliphatic rings. The third kappa shape index (κ3) is 6.16. The molecule has 0 fully saturated rings. The first-order valence-electron chi connectivity index (χ1n) is 8.97. The van der Waals surface area contributed by atoms with Crippen molar-refractivity contribution < 1.29 is 24.2 Å². The van der Waals surface area contributed by atoms with Gasteiger partial charge in [-0.3, -0.25) is 4.79 Å². The second-order valence-corrected chi connectivity index (χ2v) is 7.43. The van der Waals surface area contributed by atoms with Crippen molar-refractivity contribution in [3.8, 4) is 5.75 Å². The minimum atomic E-state index is -0.875. The van der Waals surface area contributed by atoms with Gasteiger partial charge in [-0.1, -0.05) is 24.3 Å². The second kappa shape index (κ2) is 8.75. The maximum atomic E-state index is 11.7. The van der Waals surface area contributed by atoms with Gasteiger partial charge >= 0.3 is 12.1 Å². The lowest BCUT2D eigenvalue weighted by molar-refractivity contribution is -0.139. The number of benzene rings is 2. The average Bonchev–Trinajstić information content (AvgIpc) is 2.59. The van der Waals surface area contributed by atoms with Gasteiger partial charge in [-0.25, -0.2) is 4.79 Å². The van der Waals surface area contributed by atoms with Crippen LogP contribution in [0.2, 0.25) is 0 Å². The van der Waals surface area contributed by atoms with Gasteiger partial charge in [-0.05, 0) is 62.1 Å². The molecule has 0 aliphatic carbocycles. The lowest BCUT2D eigenvalue weighted by atomic mass is 9.92. The summed E-state index contributed by atoms with van der Waals surface area (Å²) in [6.45, 7) is 5.75. The van der Waals surface area contributed by atoms with E-state index in [4.69, 9.17) is 9.47 Å². The number of ether oxygens (including phenoxy) is 2. The number of hydrogen-bond acceptors (Lipinski definition) is 4. The van der Waals surface area contributed by atoms with Crippen LogP contribution in [0, 0.1) is 0 Å². The molecule has 0 radical (unpaired) electrons. The van der Waals surface area contributed by atoms with Crippen LogP contribution in [0.15, 0.2) is 36.4 Å². The van der Waals surface area contributed by atoms with Crippen LogP contribution >= 0.6 is 0 Å². The first kappa shape index (κ1) is 20.6. The van der Waals surface area contributed by atoms with Gasteiger partial charge in [0.15, 0.2) is 0 Å². The van der Waals surface area contributed by atoms with E-state index in [0.717, 1.165) is 22.1 Å². The number of carboxylic acid groups (broad SMARTS) is 1. The highest BCUT2D eigenvalue weighted by atomic mass is 16.6. The molecule has 1 atom stereocenters. The standard InChI is InChI=1S/C21H27NO5/c1-21(2,3)27-20(25)22-11-5-6-18(19(23)24)16-8-7-15-13-17(26-4)10-9-14(15)12-16/h7-10,12-13,18H,5-6,11H2,1-4H3,(H,22,25)(H,23,24)/t18-/m0/s1. The molecule has 0 unspecified atom stereocenters. The molecule has 0 aliphatic heterocycles. The Morgan fingerprint density at radius 1 is 1.11 bits per heavy atom. The lowest BCUT2D eigenvalue weighted by Crippen LogP contribution is -2.33. The fourth-order valence-electron chi connectivity index (χ4n) is 2.83. The van der Waals surface area contributed by atoms with Crippen LogP contribution in [0.1, 0.15) is 45.1 Å². The summed E-state index contributed by atoms with van der Waals surface area (Å²) in [5, 5.41) is 14.2. The first-order chi connectivity index (χ1) is 12.7. The highest BCUT2D eigenvalue weighted by Gasteiger charge is 2.20. The van der Waals surface area contributed by atoms with Gasteiger partial charge in [0.1, 0.15) is 11.4 Å². The van der Waals surface area contributed by atoms with E-state index >= 15 is 0 Å². The number of amides is 1. The van der Waals surface area contributed by atoms with Crippen LogP contribution < -0.4 is 10.1 Å². The van der Waals surface area contributed by atoms with Crippen LogP contribution in [0.3, 0.4) is 0 Å². The molecule has 146 valence electrons. The molecule has 2 aromatic rings. The Morgan fingerprint density at radius 2 is 1.78 bits per heavy atom. The molecule has 0 aromatic heterocycles. The molecule has 6 heteroatoms. The zero-order valence-corrected chi connectivity index (χ0v) is 16.2. The van der Waals surface area contributed by atoms with E-state index in [0.29, 0.717) is 19.4 Å². The Balaban J connectivity index is 1.99. The monoisotopic (exact) mass is 373 g/mol. The molecule has 2 N–H and O–H groups in total. The number of hydrogen-bond donors (Lipinski definition) is 2. The smallest absolute Gasteiger partial charge is 0.407 e. The van der Waals surface area contributed by atoms with Crippen molar-refractivity contribution in [1.29, 1.82) is 0 Å². The molecule has 0 heterocycles. The summed E-state index contributed by atoms with van der Waals surface area (Å²) in [5.74, 6) is -0.740. The Morgan fingerprint density at radius 3 is 2.41 bits per heavy atom. The predicted molar refractivity (Wildman–Crippen MR) is 104 cm³/mol. The van der Waals surface area contributed by atoms with Crippen molar-refractivity contribution in [1.82, 2.24) is 5.32 Å². The van der Waals surface area contributed by atoms with Crippen molar-refractivity contribution in [3.63, 3.8) is 0 Å². The quantitative estimate of drug-likeness (QED) is 0.706. The zero-order chi connectivity index (χ0) is 20.0. The van der Waals surface area contributed by atoms with E-state index in [1.165, 1.54) is 0 Å². The molecule has 27 heavy (non-hydrogen) atoms. The molecule has 6 nitrogen and oxygen atoms in total. The number of carboxylic acids is 1. The summed E-state index contributed by atoms with van der Waals surface area (Å²) >= 11 is 0. The highest BCUT2D eigenvalue weighted by molar-refractivity contribution is 5.86. The summed E-state index contributed by atoms with van der Waals surface area (Å²) in [5.41, 5.74) is 0.194. The third-order valence-corrected chi connectivity index (χ3v) is 4.11. The number of carbonyl (C=O) groups excluding carboxylic acids is 1. The number of fused-ring (bicyclic) bond motifs is 1. The molecule has 0 bridgehead atoms. The Hall–Kier alpha value is -2.76. The number of carbonyl (C=O) groups is 2. The topological polar surface area (TPSA) is 84.9 Å². The summed E-state index contributed by atoms with van der Waals surface area (Å²) in [7, 11) is 1.61. The molecule has 0 saturated carbocycles. The fraction of sp³-hybridized carbons (Fsp3) is 0.429. The van der Waals surface area contributed by atoms with Gasteiger partial charge in [0.05, 0.1) is 13.0 Å². The van der Waals surface area contributed by atoms with Crippen molar-refractivity contribution in [3.05, 3.63) is 42.0 Å². The Kier molecular flexibility index (Phi) is 6.66. The molecule has 0 spiro atoms. The first-order valence-corrected chi connectivity index (χ1v) is 8.97. The van der Waals surface area contributed by atoms with Gasteiger partial charge < -0.3 is 19.9 Å². The Bertz CT molecular complexity index is 810. The molecule has 2 aromatic carbocycles. The molecular formula is C21H27NO5. The van der Waals surface area contributed by atoms with Gasteiger partial charge in [-0.15, -0.1) is 0 Å². The zero-order valence-electron chi connectivity index (χ0n) is 16.2. The minimum absolute atomic E-state index is 0.365. The normalized spacial score (nSPS) is 12.4. The van der Waals surface area contributed by atoms with E-state index in [1.807, 2.05) is 36.4 Å². The SMILES string of the molecule is COc1ccc2cc([C@H](CCCNC(=O)OC(C)(C)C)C(=O)O)ccc2c1. The van der Waals surface area contributed by atoms with Crippen molar-refractivity contribution in [2.45, 2.75) is 45.1 Å². The second-order valence-electron chi connectivity index (χ2n) is 7.43. The van der Waals surface area contributed by atoms with Crippen LogP contribution in [-0.2, 0) is 9.53 Å². The van der Waals surface area contributed by atoms with Crippen molar-refractivity contribution >= 4 is 22.8 Å². The summed E-state index contributed by atoms with van der Waals surface area (Å²) in [6.07, 6.45) is 0.470. The third-order valence-electron chi connectivity index (χ3n) is 4.11. The minimum Gasteiger partial charge on any atom is -0.497 e. The predicted octanol–water partition coefficient (Wildman–Crippen LogP) is 4.32. The van der Waals surface area contributed by atoms with Crippen LogP contribution in [0.25, 0.3) is 10.8 Å². The van der Waals surface area contributed by atoms with Crippen molar-refractivity contribution in [2.24, 2.45) is 0 Å². The summed E-state index contributed by atoms with van der Waals surface area (Å²) < 4.78 is 10.4. The number of aliphatic carboxylic acids is 1. The van der Waals surface area contributed by atoms with E-state index in [2.05, 4.69) is 5.32 Å². The number of methoxy groups -OCH3 is 1. The molecular weight excluding hydrogens is 346 g/mol. The lowest BCUT2D eigenvalue weighted by Gasteiger charge is -2.20. The van der Waals surface area contributed by atoms with E-state index in [1.54, 1.807) is 27.9 Å². The number of nitrogens with one attached hydrogen (secondary N) is 1. The summed E-state index contributed by atoms with van der Waals surface area (Å²) in [6, 6.07) is 11.3. The van der Waals surface area contributed by atoms with Gasteiger partial charge in [0, 0.05) is 6.54 Å². The van der Waals surface area contributed by atoms with Crippen LogP contribution in [0.4, 0.5) is 4.79 Å². The van der Waals surface area contributed by atoms with Crippen LogP contribution in [-0.4, -0.2) is 36.4 Å². The van der Waals surface area contributed by atoms with Crippen LogP contribution in [0.5, 0.6) is 5.75 Å². The largest absolute Gasteiger partial charge is 0.497 e. The Labute approximate surface area is 159 Å². The summed E-state index contributed by atoms with van der Waals surface area (Å²) in [4.78, 5) is 23.4. The molecule has 0 saturated heterocycles. The number of alkyl carbamates (subject to hydrolysis) is 1. The highest BCUT2D eigenvalue weighted by Crippen LogP contribution is 2.27. The van der Waals surface area contributed by atoms with E-state index < -0.39 is 23.6 Å². The molecule has 2 rings (SSSR count). The fourth-order valence-corrected chi connectivity index (χ4v) is 2.83. The van der Waals surface area contributed by atoms with E-state index in [9.17, 15) is 14.7 Å². The van der Waals surface area contributed by atoms with Gasteiger partial charge in [-0.2, -0.15) is 0 Å².